The van der Waals surface area contributed by atoms with Crippen LogP contribution in [0, 0.1) is 0 Å². The maximum Gasteiger partial charge on any atom is 0.283 e. The van der Waals surface area contributed by atoms with Crippen LogP contribution in [0.4, 0.5) is 11.4 Å². The van der Waals surface area contributed by atoms with Gasteiger partial charge in [0.1, 0.15) is 10.6 Å². The summed E-state index contributed by atoms with van der Waals surface area (Å²) in [5.74, 6) is -0.692. The summed E-state index contributed by atoms with van der Waals surface area (Å²) in [5.41, 5.74) is 1.57. The van der Waals surface area contributed by atoms with Gasteiger partial charge in [-0.15, -0.1) is 0 Å². The smallest absolute Gasteiger partial charge is 0.283 e. The van der Waals surface area contributed by atoms with E-state index in [9.17, 15) is 9.59 Å². The number of hydrogen-bond acceptors (Lipinski definition) is 4. The zero-order valence-electron chi connectivity index (χ0n) is 14.6. The number of amides is 2. The number of imide groups is 1. The Labute approximate surface area is 175 Å². The van der Waals surface area contributed by atoms with Crippen molar-refractivity contribution in [1.82, 2.24) is 0 Å². The first-order valence-corrected chi connectivity index (χ1v) is 10.2. The molecule has 2 amide bonds. The predicted octanol–water partition coefficient (Wildman–Crippen LogP) is 5.44. The van der Waals surface area contributed by atoms with Crippen LogP contribution in [-0.2, 0) is 9.59 Å². The molecule has 138 valence electrons. The van der Waals surface area contributed by atoms with Crippen molar-refractivity contribution in [2.75, 3.05) is 10.2 Å². The minimum atomic E-state index is -0.363. The van der Waals surface area contributed by atoms with Gasteiger partial charge >= 0.3 is 0 Å². The standard InChI is InChI=1S/C22H15BrN2O2S/c23-15-11-13-16(14-12-15)24-19-20(28-18-9-5-2-6-10-18)22(27)25(21(19)26)17-7-3-1-4-8-17/h1-14,24H. The molecule has 28 heavy (non-hydrogen) atoms. The predicted molar refractivity (Wildman–Crippen MR) is 116 cm³/mol. The maximum atomic E-state index is 13.2. The van der Waals surface area contributed by atoms with Gasteiger partial charge in [0.05, 0.1) is 5.69 Å². The van der Waals surface area contributed by atoms with E-state index in [-0.39, 0.29) is 17.5 Å². The summed E-state index contributed by atoms with van der Waals surface area (Å²) in [6.07, 6.45) is 0. The van der Waals surface area contributed by atoms with Crippen LogP contribution in [0.1, 0.15) is 0 Å². The van der Waals surface area contributed by atoms with Crippen molar-refractivity contribution in [3.8, 4) is 0 Å². The van der Waals surface area contributed by atoms with Gasteiger partial charge in [-0.2, -0.15) is 0 Å². The number of nitrogens with zero attached hydrogens (tertiary/aromatic N) is 1. The summed E-state index contributed by atoms with van der Waals surface area (Å²) in [6.45, 7) is 0. The summed E-state index contributed by atoms with van der Waals surface area (Å²) in [6, 6.07) is 26.0. The minimum Gasteiger partial charge on any atom is -0.350 e. The van der Waals surface area contributed by atoms with Crippen molar-refractivity contribution in [2.24, 2.45) is 0 Å². The van der Waals surface area contributed by atoms with E-state index in [1.165, 1.54) is 16.7 Å². The molecule has 0 aliphatic carbocycles. The van der Waals surface area contributed by atoms with E-state index >= 15 is 0 Å². The van der Waals surface area contributed by atoms with Gasteiger partial charge in [0.15, 0.2) is 0 Å². The molecule has 0 fully saturated rings. The normalized spacial score (nSPS) is 14.0. The molecule has 0 unspecified atom stereocenters. The molecule has 6 heteroatoms. The number of carbonyl (C=O) groups excluding carboxylic acids is 2. The Morgan fingerprint density at radius 1 is 0.750 bits per heavy atom. The van der Waals surface area contributed by atoms with Crippen LogP contribution >= 0.6 is 27.7 Å². The number of benzene rings is 3. The van der Waals surface area contributed by atoms with Crippen LogP contribution in [0.3, 0.4) is 0 Å². The number of anilines is 2. The van der Waals surface area contributed by atoms with Crippen LogP contribution in [0.5, 0.6) is 0 Å². The topological polar surface area (TPSA) is 49.4 Å². The lowest BCUT2D eigenvalue weighted by Crippen LogP contribution is -2.32. The van der Waals surface area contributed by atoms with Crippen molar-refractivity contribution in [3.63, 3.8) is 0 Å². The zero-order chi connectivity index (χ0) is 19.5. The quantitative estimate of drug-likeness (QED) is 0.525. The van der Waals surface area contributed by atoms with E-state index in [0.717, 1.165) is 15.1 Å². The summed E-state index contributed by atoms with van der Waals surface area (Å²) in [7, 11) is 0. The van der Waals surface area contributed by atoms with Crippen molar-refractivity contribution in [1.29, 1.82) is 0 Å². The highest BCUT2D eigenvalue weighted by Crippen LogP contribution is 2.37. The molecule has 1 aliphatic rings. The molecular formula is C22H15BrN2O2S. The summed E-state index contributed by atoms with van der Waals surface area (Å²) in [5, 5.41) is 3.14. The van der Waals surface area contributed by atoms with Crippen LogP contribution in [-0.4, -0.2) is 11.8 Å². The van der Waals surface area contributed by atoms with Crippen molar-refractivity contribution in [2.45, 2.75) is 4.90 Å². The van der Waals surface area contributed by atoms with Gasteiger partial charge in [-0.05, 0) is 48.5 Å². The molecule has 1 aliphatic heterocycles. The fourth-order valence-electron chi connectivity index (χ4n) is 2.81. The number of hydrogen-bond donors (Lipinski definition) is 1. The van der Waals surface area contributed by atoms with Crippen molar-refractivity contribution >= 4 is 50.9 Å². The Morgan fingerprint density at radius 2 is 1.36 bits per heavy atom. The maximum absolute atomic E-state index is 13.2. The Kier molecular flexibility index (Phi) is 5.32. The average molecular weight is 451 g/mol. The summed E-state index contributed by atoms with van der Waals surface area (Å²) >= 11 is 4.69. The SMILES string of the molecule is O=C1C(Nc2ccc(Br)cc2)=C(Sc2ccccc2)C(=O)N1c1ccccc1. The Bertz CT molecular complexity index is 1050. The van der Waals surface area contributed by atoms with Gasteiger partial charge in [0, 0.05) is 15.1 Å². The van der Waals surface area contributed by atoms with E-state index in [4.69, 9.17) is 0 Å². The van der Waals surface area contributed by atoms with Gasteiger partial charge in [-0.25, -0.2) is 4.90 Å². The molecule has 3 aromatic carbocycles. The number of thioether (sulfide) groups is 1. The lowest BCUT2D eigenvalue weighted by molar-refractivity contribution is -0.120. The minimum absolute atomic E-state index is 0.282. The molecule has 0 spiro atoms. The van der Waals surface area contributed by atoms with Crippen LogP contribution in [0.15, 0.2) is 105 Å². The molecule has 0 radical (unpaired) electrons. The van der Waals surface area contributed by atoms with E-state index in [2.05, 4.69) is 21.2 Å². The van der Waals surface area contributed by atoms with Crippen LogP contribution in [0.2, 0.25) is 0 Å². The molecule has 3 aromatic rings. The van der Waals surface area contributed by atoms with Gasteiger partial charge in [0.2, 0.25) is 0 Å². The number of rotatable bonds is 5. The molecule has 0 atom stereocenters. The second kappa shape index (κ2) is 8.04. The van der Waals surface area contributed by atoms with Crippen molar-refractivity contribution < 1.29 is 9.59 Å². The first-order chi connectivity index (χ1) is 13.6. The number of nitrogens with one attached hydrogen (secondary N) is 1. The highest BCUT2D eigenvalue weighted by Gasteiger charge is 2.40. The Hall–Kier alpha value is -2.83. The lowest BCUT2D eigenvalue weighted by Gasteiger charge is -2.15. The Balaban J connectivity index is 1.73. The number of para-hydroxylation sites is 1. The fraction of sp³-hybridized carbons (Fsp3) is 0. The van der Waals surface area contributed by atoms with Gasteiger partial charge in [-0.1, -0.05) is 64.1 Å². The third kappa shape index (κ3) is 3.74. The highest BCUT2D eigenvalue weighted by atomic mass is 79.9. The first kappa shape index (κ1) is 18.5. The van der Waals surface area contributed by atoms with E-state index in [1.54, 1.807) is 24.3 Å². The number of carbonyl (C=O) groups is 2. The van der Waals surface area contributed by atoms with E-state index < -0.39 is 0 Å². The van der Waals surface area contributed by atoms with Gasteiger partial charge in [-0.3, -0.25) is 9.59 Å². The number of halogens is 1. The highest BCUT2D eigenvalue weighted by molar-refractivity contribution is 9.10. The lowest BCUT2D eigenvalue weighted by atomic mass is 10.3. The molecule has 0 saturated carbocycles. The molecule has 4 nitrogen and oxygen atoms in total. The largest absolute Gasteiger partial charge is 0.350 e. The van der Waals surface area contributed by atoms with Gasteiger partial charge in [0.25, 0.3) is 11.8 Å². The molecule has 0 saturated heterocycles. The molecular weight excluding hydrogens is 436 g/mol. The summed E-state index contributed by atoms with van der Waals surface area (Å²) < 4.78 is 0.936. The van der Waals surface area contributed by atoms with E-state index in [0.29, 0.717) is 10.6 Å². The van der Waals surface area contributed by atoms with Crippen molar-refractivity contribution in [3.05, 3.63) is 100 Å². The molecule has 0 bridgehead atoms. The van der Waals surface area contributed by atoms with Crippen LogP contribution in [0.25, 0.3) is 0 Å². The molecule has 4 rings (SSSR count). The first-order valence-electron chi connectivity index (χ1n) is 8.57. The van der Waals surface area contributed by atoms with Crippen LogP contribution < -0.4 is 10.2 Å². The second-order valence-corrected chi connectivity index (χ2v) is 8.03. The second-order valence-electron chi connectivity index (χ2n) is 6.03. The molecule has 1 N–H and O–H groups in total. The van der Waals surface area contributed by atoms with Gasteiger partial charge < -0.3 is 5.32 Å². The third-order valence-electron chi connectivity index (χ3n) is 4.13. The fourth-order valence-corrected chi connectivity index (χ4v) is 4.02. The van der Waals surface area contributed by atoms with E-state index in [1.807, 2.05) is 60.7 Å². The molecule has 0 aromatic heterocycles. The Morgan fingerprint density at radius 3 is 2.00 bits per heavy atom. The third-order valence-corrected chi connectivity index (χ3v) is 5.75. The zero-order valence-corrected chi connectivity index (χ0v) is 17.0. The molecule has 1 heterocycles. The monoisotopic (exact) mass is 450 g/mol. The average Bonchev–Trinajstić information content (AvgIpc) is 2.95. The summed E-state index contributed by atoms with van der Waals surface area (Å²) in [4.78, 5) is 28.8.